The van der Waals surface area contributed by atoms with Gasteiger partial charge in [-0.1, -0.05) is 41.4 Å². The number of anilines is 2. The van der Waals surface area contributed by atoms with Crippen LogP contribution in [-0.2, 0) is 4.79 Å². The van der Waals surface area contributed by atoms with E-state index in [0.29, 0.717) is 28.6 Å². The van der Waals surface area contributed by atoms with Gasteiger partial charge in [-0.25, -0.2) is 0 Å². The normalized spacial score (nSPS) is 14.2. The number of benzene rings is 2. The molecule has 1 aliphatic rings. The molecular formula is C22H25BrClN3O2. The minimum Gasteiger partial charge on any atom is -0.368 e. The average molecular weight is 479 g/mol. The van der Waals surface area contributed by atoms with Gasteiger partial charge in [0.2, 0.25) is 5.91 Å². The lowest BCUT2D eigenvalue weighted by atomic mass is 10.1. The highest BCUT2D eigenvalue weighted by molar-refractivity contribution is 9.10. The number of rotatable bonds is 5. The minimum atomic E-state index is -0.249. The third-order valence-corrected chi connectivity index (χ3v) is 5.70. The van der Waals surface area contributed by atoms with E-state index in [1.807, 2.05) is 29.2 Å². The first kappa shape index (κ1) is 21.7. The van der Waals surface area contributed by atoms with Gasteiger partial charge in [0.05, 0.1) is 10.6 Å². The predicted molar refractivity (Wildman–Crippen MR) is 122 cm³/mol. The largest absolute Gasteiger partial charge is 0.368 e. The topological polar surface area (TPSA) is 52.7 Å². The number of hydrogen-bond donors (Lipinski definition) is 1. The first-order chi connectivity index (χ1) is 13.8. The molecule has 0 bridgehead atoms. The summed E-state index contributed by atoms with van der Waals surface area (Å²) in [6, 6.07) is 12.9. The Kier molecular flexibility index (Phi) is 7.19. The number of piperazine rings is 1. The van der Waals surface area contributed by atoms with Crippen molar-refractivity contribution < 1.29 is 9.59 Å². The summed E-state index contributed by atoms with van der Waals surface area (Å²) < 4.78 is 0.799. The summed E-state index contributed by atoms with van der Waals surface area (Å²) in [5.41, 5.74) is 2.22. The van der Waals surface area contributed by atoms with Crippen LogP contribution in [-0.4, -0.2) is 42.9 Å². The van der Waals surface area contributed by atoms with E-state index in [2.05, 4.69) is 40.0 Å². The standard InChI is InChI=1S/C22H25BrClN3O2/c1-15(2)13-21(28)27-11-9-26(10-12-27)18-6-4-17(5-7-18)25-22(29)19-14-16(23)3-8-20(19)24/h3-8,14-15H,9-13H2,1-2H3,(H,25,29). The van der Waals surface area contributed by atoms with Gasteiger partial charge in [-0.3, -0.25) is 9.59 Å². The van der Waals surface area contributed by atoms with E-state index in [4.69, 9.17) is 11.6 Å². The Labute approximate surface area is 185 Å². The van der Waals surface area contributed by atoms with Gasteiger partial charge in [-0.05, 0) is 48.4 Å². The predicted octanol–water partition coefficient (Wildman–Crippen LogP) is 5.05. The summed E-state index contributed by atoms with van der Waals surface area (Å²) in [5, 5.41) is 3.29. The Bertz CT molecular complexity index is 878. The number of nitrogens with zero attached hydrogens (tertiary/aromatic N) is 2. The molecule has 0 aliphatic carbocycles. The highest BCUT2D eigenvalue weighted by atomic mass is 79.9. The smallest absolute Gasteiger partial charge is 0.257 e. The molecule has 154 valence electrons. The quantitative estimate of drug-likeness (QED) is 0.654. The Balaban J connectivity index is 1.57. The first-order valence-electron chi connectivity index (χ1n) is 9.72. The van der Waals surface area contributed by atoms with Gasteiger partial charge in [-0.2, -0.15) is 0 Å². The minimum absolute atomic E-state index is 0.240. The summed E-state index contributed by atoms with van der Waals surface area (Å²) in [7, 11) is 0. The Morgan fingerprint density at radius 1 is 1.07 bits per heavy atom. The SMILES string of the molecule is CC(C)CC(=O)N1CCN(c2ccc(NC(=O)c3cc(Br)ccc3Cl)cc2)CC1. The molecular weight excluding hydrogens is 454 g/mol. The molecule has 0 unspecified atom stereocenters. The fourth-order valence-electron chi connectivity index (χ4n) is 3.32. The second-order valence-corrected chi connectivity index (χ2v) is 8.91. The van der Waals surface area contributed by atoms with Crippen molar-refractivity contribution in [2.24, 2.45) is 5.92 Å². The molecule has 7 heteroatoms. The molecule has 2 aromatic rings. The summed E-state index contributed by atoms with van der Waals surface area (Å²) in [6.45, 7) is 7.24. The van der Waals surface area contributed by atoms with Crippen LogP contribution in [0.1, 0.15) is 30.6 Å². The molecule has 2 aromatic carbocycles. The number of nitrogens with one attached hydrogen (secondary N) is 1. The van der Waals surface area contributed by atoms with Crippen molar-refractivity contribution in [1.29, 1.82) is 0 Å². The van der Waals surface area contributed by atoms with E-state index >= 15 is 0 Å². The fourth-order valence-corrected chi connectivity index (χ4v) is 3.88. The summed E-state index contributed by atoms with van der Waals surface area (Å²) in [5.74, 6) is 0.375. The Morgan fingerprint density at radius 3 is 2.34 bits per heavy atom. The Hall–Kier alpha value is -2.05. The number of halogens is 2. The lowest BCUT2D eigenvalue weighted by Gasteiger charge is -2.36. The molecule has 1 saturated heterocycles. The fraction of sp³-hybridized carbons (Fsp3) is 0.364. The van der Waals surface area contributed by atoms with E-state index in [1.54, 1.807) is 18.2 Å². The van der Waals surface area contributed by atoms with Crippen LogP contribution in [0.15, 0.2) is 46.9 Å². The van der Waals surface area contributed by atoms with Crippen molar-refractivity contribution in [3.05, 3.63) is 57.5 Å². The lowest BCUT2D eigenvalue weighted by molar-refractivity contribution is -0.132. The van der Waals surface area contributed by atoms with Crippen LogP contribution in [0, 0.1) is 5.92 Å². The maximum Gasteiger partial charge on any atom is 0.257 e. The molecule has 0 saturated carbocycles. The zero-order chi connectivity index (χ0) is 21.0. The average Bonchev–Trinajstić information content (AvgIpc) is 2.70. The van der Waals surface area contributed by atoms with Crippen LogP contribution in [0.3, 0.4) is 0 Å². The molecule has 0 radical (unpaired) electrons. The van der Waals surface area contributed by atoms with Crippen molar-refractivity contribution in [2.75, 3.05) is 36.4 Å². The van der Waals surface area contributed by atoms with E-state index < -0.39 is 0 Å². The van der Waals surface area contributed by atoms with Gasteiger partial charge in [0.1, 0.15) is 0 Å². The second-order valence-electron chi connectivity index (χ2n) is 7.59. The van der Waals surface area contributed by atoms with E-state index in [-0.39, 0.29) is 11.8 Å². The number of hydrogen-bond acceptors (Lipinski definition) is 3. The van der Waals surface area contributed by atoms with E-state index in [1.165, 1.54) is 0 Å². The van der Waals surface area contributed by atoms with Crippen LogP contribution in [0.2, 0.25) is 5.02 Å². The van der Waals surface area contributed by atoms with Gasteiger partial charge in [0, 0.05) is 48.4 Å². The molecule has 29 heavy (non-hydrogen) atoms. The van der Waals surface area contributed by atoms with Gasteiger partial charge in [-0.15, -0.1) is 0 Å². The maximum absolute atomic E-state index is 12.5. The lowest BCUT2D eigenvalue weighted by Crippen LogP contribution is -2.49. The highest BCUT2D eigenvalue weighted by Gasteiger charge is 2.21. The molecule has 1 N–H and O–H groups in total. The van der Waals surface area contributed by atoms with Crippen LogP contribution in [0.5, 0.6) is 0 Å². The number of carbonyl (C=O) groups is 2. The molecule has 1 fully saturated rings. The van der Waals surface area contributed by atoms with Crippen molar-refractivity contribution in [3.8, 4) is 0 Å². The van der Waals surface area contributed by atoms with Crippen molar-refractivity contribution >= 4 is 50.7 Å². The van der Waals surface area contributed by atoms with Crippen LogP contribution in [0.25, 0.3) is 0 Å². The van der Waals surface area contributed by atoms with Crippen molar-refractivity contribution in [3.63, 3.8) is 0 Å². The van der Waals surface area contributed by atoms with Gasteiger partial charge in [0.25, 0.3) is 5.91 Å². The van der Waals surface area contributed by atoms with Crippen LogP contribution >= 0.6 is 27.5 Å². The molecule has 1 aliphatic heterocycles. The zero-order valence-electron chi connectivity index (χ0n) is 16.6. The molecule has 5 nitrogen and oxygen atoms in total. The van der Waals surface area contributed by atoms with Crippen molar-refractivity contribution in [1.82, 2.24) is 4.90 Å². The maximum atomic E-state index is 12.5. The zero-order valence-corrected chi connectivity index (χ0v) is 19.0. The van der Waals surface area contributed by atoms with Gasteiger partial charge < -0.3 is 15.1 Å². The van der Waals surface area contributed by atoms with Crippen LogP contribution in [0.4, 0.5) is 11.4 Å². The number of amides is 2. The molecule has 3 rings (SSSR count). The van der Waals surface area contributed by atoms with Gasteiger partial charge >= 0.3 is 0 Å². The summed E-state index contributed by atoms with van der Waals surface area (Å²) in [4.78, 5) is 28.9. The molecule has 1 heterocycles. The third kappa shape index (κ3) is 5.73. The summed E-state index contributed by atoms with van der Waals surface area (Å²) >= 11 is 9.49. The highest BCUT2D eigenvalue weighted by Crippen LogP contribution is 2.24. The molecule has 0 spiro atoms. The molecule has 0 atom stereocenters. The molecule has 2 amide bonds. The van der Waals surface area contributed by atoms with Crippen LogP contribution < -0.4 is 10.2 Å². The van der Waals surface area contributed by atoms with Crippen molar-refractivity contribution in [2.45, 2.75) is 20.3 Å². The summed E-state index contributed by atoms with van der Waals surface area (Å²) in [6.07, 6.45) is 0.608. The van der Waals surface area contributed by atoms with E-state index in [9.17, 15) is 9.59 Å². The van der Waals surface area contributed by atoms with E-state index in [0.717, 1.165) is 36.3 Å². The van der Waals surface area contributed by atoms with Gasteiger partial charge in [0.15, 0.2) is 0 Å². The third-order valence-electron chi connectivity index (χ3n) is 4.88. The monoisotopic (exact) mass is 477 g/mol. The first-order valence-corrected chi connectivity index (χ1v) is 10.9. The second kappa shape index (κ2) is 9.63. The Morgan fingerprint density at radius 2 is 1.72 bits per heavy atom. The number of carbonyl (C=O) groups excluding carboxylic acids is 2. The molecule has 0 aromatic heterocycles.